The summed E-state index contributed by atoms with van der Waals surface area (Å²) in [7, 11) is 0. The Morgan fingerprint density at radius 1 is 1.04 bits per heavy atom. The van der Waals surface area contributed by atoms with Gasteiger partial charge in [0.2, 0.25) is 5.91 Å². The van der Waals surface area contributed by atoms with Crippen LogP contribution in [0.1, 0.15) is 29.5 Å². The number of amides is 1. The molecule has 3 rings (SSSR count). The molecule has 0 fully saturated rings. The SMILES string of the molecule is Cc1ccc(CCCC(=O)Nc2ccc3cc(C)c(=O)[nH]c3c2)cc1. The second-order valence-electron chi connectivity index (χ2n) is 6.47. The van der Waals surface area contributed by atoms with Crippen molar-refractivity contribution in [2.75, 3.05) is 5.32 Å². The molecule has 0 radical (unpaired) electrons. The van der Waals surface area contributed by atoms with Crippen LogP contribution in [0.5, 0.6) is 0 Å². The summed E-state index contributed by atoms with van der Waals surface area (Å²) in [6, 6.07) is 15.8. The summed E-state index contributed by atoms with van der Waals surface area (Å²) >= 11 is 0. The fourth-order valence-electron chi connectivity index (χ4n) is 2.82. The molecule has 0 spiro atoms. The highest BCUT2D eigenvalue weighted by molar-refractivity contribution is 5.93. The molecule has 1 heterocycles. The maximum atomic E-state index is 12.1. The third-order valence-corrected chi connectivity index (χ3v) is 4.31. The molecule has 4 heteroatoms. The lowest BCUT2D eigenvalue weighted by molar-refractivity contribution is -0.116. The van der Waals surface area contributed by atoms with E-state index in [1.54, 1.807) is 13.0 Å². The number of rotatable bonds is 5. The van der Waals surface area contributed by atoms with Crippen LogP contribution in [-0.2, 0) is 11.2 Å². The molecule has 4 nitrogen and oxygen atoms in total. The van der Waals surface area contributed by atoms with E-state index in [1.165, 1.54) is 11.1 Å². The zero-order valence-corrected chi connectivity index (χ0v) is 14.6. The average molecular weight is 334 g/mol. The Kier molecular flexibility index (Phi) is 4.98. The van der Waals surface area contributed by atoms with Crippen molar-refractivity contribution in [2.45, 2.75) is 33.1 Å². The molecule has 0 aliphatic rings. The first-order chi connectivity index (χ1) is 12.0. The largest absolute Gasteiger partial charge is 0.326 e. The van der Waals surface area contributed by atoms with Gasteiger partial charge in [0.05, 0.1) is 5.52 Å². The predicted molar refractivity (Wildman–Crippen MR) is 102 cm³/mol. The molecule has 128 valence electrons. The number of aromatic amines is 1. The lowest BCUT2D eigenvalue weighted by Crippen LogP contribution is -2.12. The fraction of sp³-hybridized carbons (Fsp3) is 0.238. The minimum absolute atomic E-state index is 0.0130. The third-order valence-electron chi connectivity index (χ3n) is 4.31. The van der Waals surface area contributed by atoms with E-state index in [-0.39, 0.29) is 11.5 Å². The van der Waals surface area contributed by atoms with Crippen molar-refractivity contribution in [3.05, 3.63) is 75.6 Å². The molecule has 1 amide bonds. The van der Waals surface area contributed by atoms with Crippen LogP contribution < -0.4 is 10.9 Å². The Morgan fingerprint density at radius 2 is 1.80 bits per heavy atom. The van der Waals surface area contributed by atoms with E-state index in [9.17, 15) is 9.59 Å². The lowest BCUT2D eigenvalue weighted by Gasteiger charge is -2.07. The number of aryl methyl sites for hydroxylation is 3. The van der Waals surface area contributed by atoms with Crippen molar-refractivity contribution >= 4 is 22.5 Å². The number of aromatic nitrogens is 1. The Balaban J connectivity index is 1.59. The van der Waals surface area contributed by atoms with Gasteiger partial charge < -0.3 is 10.3 Å². The van der Waals surface area contributed by atoms with Gasteiger partial charge in [-0.3, -0.25) is 9.59 Å². The molecule has 3 aromatic rings. The molecule has 0 aliphatic carbocycles. The smallest absolute Gasteiger partial charge is 0.251 e. The van der Waals surface area contributed by atoms with Crippen LogP contribution in [0.4, 0.5) is 5.69 Å². The van der Waals surface area contributed by atoms with Crippen LogP contribution in [0, 0.1) is 13.8 Å². The molecule has 0 saturated carbocycles. The number of nitrogens with one attached hydrogen (secondary N) is 2. The molecule has 0 unspecified atom stereocenters. The molecule has 2 N–H and O–H groups in total. The molecule has 0 atom stereocenters. The van der Waals surface area contributed by atoms with Gasteiger partial charge in [0, 0.05) is 17.7 Å². The van der Waals surface area contributed by atoms with Gasteiger partial charge in [0.15, 0.2) is 0 Å². The van der Waals surface area contributed by atoms with Crippen molar-refractivity contribution in [3.8, 4) is 0 Å². The van der Waals surface area contributed by atoms with Crippen LogP contribution in [-0.4, -0.2) is 10.9 Å². The zero-order chi connectivity index (χ0) is 17.8. The van der Waals surface area contributed by atoms with E-state index in [1.807, 2.05) is 18.2 Å². The molecule has 0 saturated heterocycles. The lowest BCUT2D eigenvalue weighted by atomic mass is 10.1. The van der Waals surface area contributed by atoms with Gasteiger partial charge in [-0.2, -0.15) is 0 Å². The summed E-state index contributed by atoms with van der Waals surface area (Å²) in [5.74, 6) is -0.0130. The van der Waals surface area contributed by atoms with E-state index in [0.29, 0.717) is 17.7 Å². The third kappa shape index (κ3) is 4.35. The first-order valence-corrected chi connectivity index (χ1v) is 8.50. The van der Waals surface area contributed by atoms with Crippen LogP contribution in [0.25, 0.3) is 10.9 Å². The summed E-state index contributed by atoms with van der Waals surface area (Å²) in [5, 5.41) is 3.86. The molecule has 1 aromatic heterocycles. The second kappa shape index (κ2) is 7.34. The second-order valence-corrected chi connectivity index (χ2v) is 6.47. The number of anilines is 1. The van der Waals surface area contributed by atoms with Crippen molar-refractivity contribution in [1.29, 1.82) is 0 Å². The van der Waals surface area contributed by atoms with Gasteiger partial charge in [-0.15, -0.1) is 0 Å². The molecular formula is C21H22N2O2. The summed E-state index contributed by atoms with van der Waals surface area (Å²) in [6.07, 6.45) is 2.16. The van der Waals surface area contributed by atoms with Crippen molar-refractivity contribution in [3.63, 3.8) is 0 Å². The predicted octanol–water partition coefficient (Wildman–Crippen LogP) is 4.11. The highest BCUT2D eigenvalue weighted by atomic mass is 16.1. The highest BCUT2D eigenvalue weighted by Gasteiger charge is 2.05. The number of benzene rings is 2. The van der Waals surface area contributed by atoms with E-state index in [4.69, 9.17) is 0 Å². The van der Waals surface area contributed by atoms with Crippen molar-refractivity contribution < 1.29 is 4.79 Å². The van der Waals surface area contributed by atoms with E-state index >= 15 is 0 Å². The van der Waals surface area contributed by atoms with Gasteiger partial charge in [0.25, 0.3) is 5.56 Å². The van der Waals surface area contributed by atoms with Gasteiger partial charge in [-0.1, -0.05) is 35.9 Å². The number of H-pyrrole nitrogens is 1. The Labute approximate surface area is 146 Å². The van der Waals surface area contributed by atoms with Gasteiger partial charge in [-0.25, -0.2) is 0 Å². The maximum Gasteiger partial charge on any atom is 0.251 e. The van der Waals surface area contributed by atoms with Gasteiger partial charge in [-0.05, 0) is 55.8 Å². The summed E-state index contributed by atoms with van der Waals surface area (Å²) in [6.45, 7) is 3.84. The van der Waals surface area contributed by atoms with Crippen molar-refractivity contribution in [2.24, 2.45) is 0 Å². The molecule has 0 bridgehead atoms. The quantitative estimate of drug-likeness (QED) is 0.738. The number of hydrogen-bond donors (Lipinski definition) is 2. The van der Waals surface area contributed by atoms with Crippen LogP contribution in [0.2, 0.25) is 0 Å². The number of fused-ring (bicyclic) bond motifs is 1. The maximum absolute atomic E-state index is 12.1. The Hall–Kier alpha value is -2.88. The topological polar surface area (TPSA) is 62.0 Å². The monoisotopic (exact) mass is 334 g/mol. The Bertz CT molecular complexity index is 956. The van der Waals surface area contributed by atoms with E-state index < -0.39 is 0 Å². The van der Waals surface area contributed by atoms with Crippen molar-refractivity contribution in [1.82, 2.24) is 4.98 Å². The fourth-order valence-corrected chi connectivity index (χ4v) is 2.82. The zero-order valence-electron chi connectivity index (χ0n) is 14.6. The highest BCUT2D eigenvalue weighted by Crippen LogP contribution is 2.17. The molecule has 25 heavy (non-hydrogen) atoms. The first kappa shape index (κ1) is 17.0. The first-order valence-electron chi connectivity index (χ1n) is 8.50. The normalized spacial score (nSPS) is 10.8. The Morgan fingerprint density at radius 3 is 2.56 bits per heavy atom. The minimum atomic E-state index is -0.103. The standard InChI is InChI=1S/C21H22N2O2/c1-14-6-8-16(9-7-14)4-3-5-20(24)22-18-11-10-17-12-15(2)21(25)23-19(17)13-18/h6-13H,3-5H2,1-2H3,(H,22,24)(H,23,25). The molecule has 0 aliphatic heterocycles. The number of carbonyl (C=O) groups excluding carboxylic acids is 1. The summed E-state index contributed by atoms with van der Waals surface area (Å²) in [5.41, 5.74) is 4.50. The number of hydrogen-bond acceptors (Lipinski definition) is 2. The van der Waals surface area contributed by atoms with Gasteiger partial charge >= 0.3 is 0 Å². The average Bonchev–Trinajstić information content (AvgIpc) is 2.58. The number of carbonyl (C=O) groups is 1. The number of pyridine rings is 1. The van der Waals surface area contributed by atoms with Crippen LogP contribution in [0.15, 0.2) is 53.3 Å². The summed E-state index contributed by atoms with van der Waals surface area (Å²) < 4.78 is 0. The molecular weight excluding hydrogens is 312 g/mol. The van der Waals surface area contributed by atoms with E-state index in [2.05, 4.69) is 41.5 Å². The molecule has 2 aromatic carbocycles. The minimum Gasteiger partial charge on any atom is -0.326 e. The van der Waals surface area contributed by atoms with Crippen LogP contribution >= 0.6 is 0 Å². The summed E-state index contributed by atoms with van der Waals surface area (Å²) in [4.78, 5) is 26.7. The van der Waals surface area contributed by atoms with Crippen LogP contribution in [0.3, 0.4) is 0 Å². The van der Waals surface area contributed by atoms with E-state index in [0.717, 1.165) is 23.7 Å². The van der Waals surface area contributed by atoms with Gasteiger partial charge in [0.1, 0.15) is 0 Å².